The predicted molar refractivity (Wildman–Crippen MR) is 79.9 cm³/mol. The molecule has 0 atom stereocenters. The minimum absolute atomic E-state index is 0.659. The van der Waals surface area contributed by atoms with Crippen LogP contribution in [-0.4, -0.2) is 6.54 Å². The minimum Gasteiger partial charge on any atom is -0.457 e. The molecule has 2 rings (SSSR count). The summed E-state index contributed by atoms with van der Waals surface area (Å²) in [6.45, 7) is 6.88. The molecule has 2 aromatic rings. The molecule has 0 aliphatic rings. The van der Waals surface area contributed by atoms with Crippen LogP contribution in [0.2, 0.25) is 0 Å². The average Bonchev–Trinajstić information content (AvgIpc) is 2.37. The van der Waals surface area contributed by atoms with E-state index in [4.69, 9.17) is 10.5 Å². The topological polar surface area (TPSA) is 35.2 Å². The molecule has 0 unspecified atom stereocenters. The number of hydrogen-bond donors (Lipinski definition) is 1. The molecule has 2 aromatic carbocycles. The monoisotopic (exact) mass is 255 g/mol. The standard InChI is InChI=1S/C17H21NO/c1-12-4-7-16(14(3)10-12)19-17-11-15(8-9-18)6-5-13(17)2/h4-7,10-11H,8-9,18H2,1-3H3. The summed E-state index contributed by atoms with van der Waals surface area (Å²) in [7, 11) is 0. The van der Waals surface area contributed by atoms with Gasteiger partial charge in [0.25, 0.3) is 0 Å². The molecule has 0 aliphatic carbocycles. The molecule has 2 N–H and O–H groups in total. The summed E-state index contributed by atoms with van der Waals surface area (Å²) in [6, 6.07) is 12.5. The Labute approximate surface area is 115 Å². The molecule has 0 aromatic heterocycles. The van der Waals surface area contributed by atoms with Crippen LogP contribution < -0.4 is 10.5 Å². The summed E-state index contributed by atoms with van der Waals surface area (Å²) < 4.78 is 6.04. The Balaban J connectivity index is 2.29. The van der Waals surface area contributed by atoms with Crippen molar-refractivity contribution in [1.82, 2.24) is 0 Å². The highest BCUT2D eigenvalue weighted by Gasteiger charge is 2.05. The maximum Gasteiger partial charge on any atom is 0.130 e. The molecule has 19 heavy (non-hydrogen) atoms. The van der Waals surface area contributed by atoms with E-state index in [9.17, 15) is 0 Å². The fourth-order valence-electron chi connectivity index (χ4n) is 2.11. The van der Waals surface area contributed by atoms with Crippen molar-refractivity contribution in [3.63, 3.8) is 0 Å². The lowest BCUT2D eigenvalue weighted by atomic mass is 10.1. The van der Waals surface area contributed by atoms with Crippen LogP contribution in [0, 0.1) is 20.8 Å². The van der Waals surface area contributed by atoms with E-state index in [1.165, 1.54) is 11.1 Å². The summed E-state index contributed by atoms with van der Waals surface area (Å²) in [5.74, 6) is 1.83. The lowest BCUT2D eigenvalue weighted by Crippen LogP contribution is -2.03. The van der Waals surface area contributed by atoms with E-state index in [1.807, 2.05) is 6.07 Å². The molecular formula is C17H21NO. The normalized spacial score (nSPS) is 10.5. The van der Waals surface area contributed by atoms with Crippen LogP contribution in [0.4, 0.5) is 0 Å². The lowest BCUT2D eigenvalue weighted by Gasteiger charge is -2.13. The Kier molecular flexibility index (Phi) is 4.23. The van der Waals surface area contributed by atoms with Crippen molar-refractivity contribution in [1.29, 1.82) is 0 Å². The first kappa shape index (κ1) is 13.6. The molecule has 0 saturated heterocycles. The van der Waals surface area contributed by atoms with E-state index in [1.54, 1.807) is 0 Å². The molecule has 0 aliphatic heterocycles. The molecule has 2 nitrogen and oxygen atoms in total. The predicted octanol–water partition coefficient (Wildman–Crippen LogP) is 3.91. The molecule has 0 spiro atoms. The van der Waals surface area contributed by atoms with Crippen LogP contribution in [0.25, 0.3) is 0 Å². The number of nitrogens with two attached hydrogens (primary N) is 1. The maximum atomic E-state index is 6.04. The Bertz CT molecular complexity index is 575. The van der Waals surface area contributed by atoms with Gasteiger partial charge in [-0.25, -0.2) is 0 Å². The van der Waals surface area contributed by atoms with Crippen LogP contribution in [0.15, 0.2) is 36.4 Å². The van der Waals surface area contributed by atoms with Crippen molar-refractivity contribution < 1.29 is 4.74 Å². The fourth-order valence-corrected chi connectivity index (χ4v) is 2.11. The second kappa shape index (κ2) is 5.89. The summed E-state index contributed by atoms with van der Waals surface area (Å²) in [6.07, 6.45) is 0.878. The molecule has 100 valence electrons. The van der Waals surface area contributed by atoms with Crippen molar-refractivity contribution >= 4 is 0 Å². The highest BCUT2D eigenvalue weighted by molar-refractivity contribution is 5.43. The first-order valence-electron chi connectivity index (χ1n) is 6.65. The van der Waals surface area contributed by atoms with Crippen molar-refractivity contribution in [2.45, 2.75) is 27.2 Å². The summed E-state index contributed by atoms with van der Waals surface area (Å²) in [5, 5.41) is 0. The van der Waals surface area contributed by atoms with Crippen molar-refractivity contribution in [3.05, 3.63) is 58.7 Å². The van der Waals surface area contributed by atoms with E-state index >= 15 is 0 Å². The Morgan fingerprint density at radius 3 is 2.37 bits per heavy atom. The van der Waals surface area contributed by atoms with Gasteiger partial charge in [0.2, 0.25) is 0 Å². The Morgan fingerprint density at radius 1 is 0.895 bits per heavy atom. The zero-order chi connectivity index (χ0) is 13.8. The van der Waals surface area contributed by atoms with Gasteiger partial charge in [-0.15, -0.1) is 0 Å². The van der Waals surface area contributed by atoms with E-state index in [-0.39, 0.29) is 0 Å². The number of ether oxygens (including phenoxy) is 1. The third-order valence-corrected chi connectivity index (χ3v) is 3.24. The molecular weight excluding hydrogens is 234 g/mol. The molecule has 0 radical (unpaired) electrons. The molecule has 0 fully saturated rings. The fraction of sp³-hybridized carbons (Fsp3) is 0.294. The van der Waals surface area contributed by atoms with Crippen molar-refractivity contribution in [2.24, 2.45) is 5.73 Å². The van der Waals surface area contributed by atoms with Gasteiger partial charge in [-0.3, -0.25) is 0 Å². The average molecular weight is 255 g/mol. The summed E-state index contributed by atoms with van der Waals surface area (Å²) >= 11 is 0. The zero-order valence-electron chi connectivity index (χ0n) is 11.9. The van der Waals surface area contributed by atoms with Gasteiger partial charge in [-0.2, -0.15) is 0 Å². The Morgan fingerprint density at radius 2 is 1.68 bits per heavy atom. The molecule has 0 saturated carbocycles. The minimum atomic E-state index is 0.659. The summed E-state index contributed by atoms with van der Waals surface area (Å²) in [4.78, 5) is 0. The van der Waals surface area contributed by atoms with E-state index in [0.29, 0.717) is 6.54 Å². The number of aryl methyl sites for hydroxylation is 3. The second-order valence-electron chi connectivity index (χ2n) is 5.01. The third-order valence-electron chi connectivity index (χ3n) is 3.24. The lowest BCUT2D eigenvalue weighted by molar-refractivity contribution is 0.474. The highest BCUT2D eigenvalue weighted by atomic mass is 16.5. The SMILES string of the molecule is Cc1ccc(Oc2cc(CCN)ccc2C)c(C)c1. The second-order valence-corrected chi connectivity index (χ2v) is 5.01. The molecule has 0 amide bonds. The van der Waals surface area contributed by atoms with Gasteiger partial charge in [-0.1, -0.05) is 29.8 Å². The van der Waals surface area contributed by atoms with Crippen LogP contribution >= 0.6 is 0 Å². The van der Waals surface area contributed by atoms with Crippen molar-refractivity contribution in [3.8, 4) is 11.5 Å². The molecule has 2 heteroatoms. The van der Waals surface area contributed by atoms with Crippen LogP contribution in [-0.2, 0) is 6.42 Å². The first-order chi connectivity index (χ1) is 9.10. The molecule has 0 heterocycles. The largest absolute Gasteiger partial charge is 0.457 e. The van der Waals surface area contributed by atoms with Gasteiger partial charge < -0.3 is 10.5 Å². The van der Waals surface area contributed by atoms with Gasteiger partial charge in [0.1, 0.15) is 11.5 Å². The van der Waals surface area contributed by atoms with Crippen LogP contribution in [0.5, 0.6) is 11.5 Å². The molecule has 0 bridgehead atoms. The maximum absolute atomic E-state index is 6.04. The first-order valence-corrected chi connectivity index (χ1v) is 6.65. The van der Waals surface area contributed by atoms with Crippen molar-refractivity contribution in [2.75, 3.05) is 6.54 Å². The zero-order valence-corrected chi connectivity index (χ0v) is 11.9. The summed E-state index contributed by atoms with van der Waals surface area (Å²) in [5.41, 5.74) is 10.4. The number of rotatable bonds is 4. The number of benzene rings is 2. The van der Waals surface area contributed by atoms with Gasteiger partial charge in [-0.05, 0) is 62.6 Å². The van der Waals surface area contributed by atoms with Gasteiger partial charge >= 0.3 is 0 Å². The van der Waals surface area contributed by atoms with Crippen LogP contribution in [0.1, 0.15) is 22.3 Å². The van der Waals surface area contributed by atoms with Gasteiger partial charge in [0.15, 0.2) is 0 Å². The van der Waals surface area contributed by atoms with Gasteiger partial charge in [0, 0.05) is 0 Å². The highest BCUT2D eigenvalue weighted by Crippen LogP contribution is 2.29. The van der Waals surface area contributed by atoms with E-state index in [2.05, 4.69) is 51.1 Å². The quantitative estimate of drug-likeness (QED) is 0.899. The van der Waals surface area contributed by atoms with Crippen LogP contribution in [0.3, 0.4) is 0 Å². The Hall–Kier alpha value is -1.80. The van der Waals surface area contributed by atoms with Gasteiger partial charge in [0.05, 0.1) is 0 Å². The third kappa shape index (κ3) is 3.36. The smallest absolute Gasteiger partial charge is 0.130 e. The number of hydrogen-bond acceptors (Lipinski definition) is 2. The van der Waals surface area contributed by atoms with E-state index < -0.39 is 0 Å². The van der Waals surface area contributed by atoms with E-state index in [0.717, 1.165) is 29.0 Å².